The molecule has 2 heterocycles. The molecule has 0 aliphatic carbocycles. The lowest BCUT2D eigenvalue weighted by molar-refractivity contribution is -0.116. The summed E-state index contributed by atoms with van der Waals surface area (Å²) in [4.78, 5) is 14.5. The second kappa shape index (κ2) is 6.12. The summed E-state index contributed by atoms with van der Waals surface area (Å²) in [7, 11) is 1.96. The Kier molecular flexibility index (Phi) is 4.20. The Morgan fingerprint density at radius 3 is 2.64 bits per heavy atom. The van der Waals surface area contributed by atoms with Crippen LogP contribution in [0.15, 0.2) is 29.4 Å². The van der Waals surface area contributed by atoms with Crippen LogP contribution >= 0.6 is 11.8 Å². The number of benzene rings is 1. The van der Waals surface area contributed by atoms with Crippen molar-refractivity contribution in [3.05, 3.63) is 35.7 Å². The van der Waals surface area contributed by atoms with Crippen LogP contribution in [0.25, 0.3) is 0 Å². The highest BCUT2D eigenvalue weighted by Gasteiger charge is 2.34. The van der Waals surface area contributed by atoms with Crippen molar-refractivity contribution < 1.29 is 4.79 Å². The van der Waals surface area contributed by atoms with E-state index in [2.05, 4.69) is 17.1 Å². The van der Waals surface area contributed by atoms with Crippen molar-refractivity contribution in [2.75, 3.05) is 11.4 Å². The minimum absolute atomic E-state index is 0.0751. The zero-order valence-electron chi connectivity index (χ0n) is 13.1. The lowest BCUT2D eigenvalue weighted by atomic mass is 10.2. The maximum Gasteiger partial charge on any atom is 0.240 e. The van der Waals surface area contributed by atoms with Gasteiger partial charge in [0.15, 0.2) is 5.16 Å². The third-order valence-corrected chi connectivity index (χ3v) is 5.28. The number of anilines is 1. The van der Waals surface area contributed by atoms with Gasteiger partial charge in [0.05, 0.1) is 5.25 Å². The second-order valence-corrected chi connectivity index (χ2v) is 6.70. The molecule has 22 heavy (non-hydrogen) atoms. The monoisotopic (exact) mass is 316 g/mol. The molecule has 116 valence electrons. The molecule has 2 aromatic rings. The van der Waals surface area contributed by atoms with Gasteiger partial charge in [-0.15, -0.1) is 10.2 Å². The fourth-order valence-corrected chi connectivity index (χ4v) is 3.68. The molecular formula is C16H20N4OS. The molecule has 0 saturated carbocycles. The molecule has 1 fully saturated rings. The molecule has 1 aromatic heterocycles. The summed E-state index contributed by atoms with van der Waals surface area (Å²) in [5.74, 6) is 1.11. The van der Waals surface area contributed by atoms with Crippen LogP contribution in [0.1, 0.15) is 24.7 Å². The van der Waals surface area contributed by atoms with Gasteiger partial charge < -0.3 is 9.47 Å². The molecule has 0 bridgehead atoms. The van der Waals surface area contributed by atoms with Crippen LogP contribution in [-0.2, 0) is 18.3 Å². The Hall–Kier alpha value is -1.82. The Balaban J connectivity index is 1.73. The Morgan fingerprint density at radius 1 is 1.27 bits per heavy atom. The highest BCUT2D eigenvalue weighted by Crippen LogP contribution is 2.32. The van der Waals surface area contributed by atoms with Gasteiger partial charge in [-0.25, -0.2) is 0 Å². The first kappa shape index (κ1) is 15.1. The number of hydrogen-bond donors (Lipinski definition) is 0. The minimum atomic E-state index is -0.0751. The lowest BCUT2D eigenvalue weighted by Gasteiger charge is -2.16. The molecule has 1 atom stereocenters. The van der Waals surface area contributed by atoms with E-state index in [0.717, 1.165) is 36.1 Å². The molecule has 1 saturated heterocycles. The summed E-state index contributed by atoms with van der Waals surface area (Å²) in [5.41, 5.74) is 2.18. The average molecular weight is 316 g/mol. The predicted octanol–water partition coefficient (Wildman–Crippen LogP) is 2.58. The molecule has 1 aromatic carbocycles. The van der Waals surface area contributed by atoms with Gasteiger partial charge in [-0.05, 0) is 25.5 Å². The molecule has 0 N–H and O–H groups in total. The van der Waals surface area contributed by atoms with Gasteiger partial charge in [-0.1, -0.05) is 36.4 Å². The van der Waals surface area contributed by atoms with Gasteiger partial charge in [0, 0.05) is 25.7 Å². The van der Waals surface area contributed by atoms with Crippen molar-refractivity contribution in [3.63, 3.8) is 0 Å². The number of hydrogen-bond acceptors (Lipinski definition) is 4. The van der Waals surface area contributed by atoms with E-state index in [0.29, 0.717) is 0 Å². The van der Waals surface area contributed by atoms with Gasteiger partial charge in [-0.2, -0.15) is 0 Å². The number of aryl methyl sites for hydroxylation is 2. The van der Waals surface area contributed by atoms with E-state index in [9.17, 15) is 4.79 Å². The molecule has 6 heteroatoms. The first-order chi connectivity index (χ1) is 10.6. The van der Waals surface area contributed by atoms with Crippen molar-refractivity contribution in [1.82, 2.24) is 14.8 Å². The van der Waals surface area contributed by atoms with Crippen LogP contribution in [0.2, 0.25) is 0 Å². The van der Waals surface area contributed by atoms with Gasteiger partial charge in [0.1, 0.15) is 5.82 Å². The quantitative estimate of drug-likeness (QED) is 0.870. The molecule has 0 radical (unpaired) electrons. The van der Waals surface area contributed by atoms with Gasteiger partial charge >= 0.3 is 0 Å². The van der Waals surface area contributed by atoms with Gasteiger partial charge in [0.25, 0.3) is 0 Å². The molecule has 0 spiro atoms. The summed E-state index contributed by atoms with van der Waals surface area (Å²) >= 11 is 1.52. The van der Waals surface area contributed by atoms with Gasteiger partial charge in [-0.3, -0.25) is 4.79 Å². The number of aromatic nitrogens is 3. The van der Waals surface area contributed by atoms with Crippen molar-refractivity contribution in [2.24, 2.45) is 7.05 Å². The molecule has 5 nitrogen and oxygen atoms in total. The number of carbonyl (C=O) groups excluding carboxylic acids is 1. The van der Waals surface area contributed by atoms with Crippen molar-refractivity contribution in [2.45, 2.75) is 37.1 Å². The van der Waals surface area contributed by atoms with E-state index >= 15 is 0 Å². The van der Waals surface area contributed by atoms with E-state index < -0.39 is 0 Å². The van der Waals surface area contributed by atoms with E-state index in [1.54, 1.807) is 0 Å². The molecule has 3 rings (SSSR count). The number of thioether (sulfide) groups is 1. The Labute approximate surface area is 134 Å². The van der Waals surface area contributed by atoms with Crippen LogP contribution in [0.3, 0.4) is 0 Å². The first-order valence-corrected chi connectivity index (χ1v) is 8.41. The largest absolute Gasteiger partial charge is 0.311 e. The second-order valence-electron chi connectivity index (χ2n) is 5.53. The van der Waals surface area contributed by atoms with Crippen LogP contribution in [0, 0.1) is 6.92 Å². The fraction of sp³-hybridized carbons (Fsp3) is 0.438. The normalized spacial score (nSPS) is 18.2. The summed E-state index contributed by atoms with van der Waals surface area (Å²) in [5, 5.41) is 9.10. The molecule has 0 unspecified atom stereocenters. The Morgan fingerprint density at radius 2 is 2.00 bits per heavy atom. The fourth-order valence-electron chi connectivity index (χ4n) is 2.63. The number of rotatable bonds is 4. The molecule has 1 aliphatic heterocycles. The SMILES string of the molecule is CCc1nnc(S[C@@H]2CCN(c3ccc(C)cc3)C2=O)n1C. The maximum absolute atomic E-state index is 12.6. The van der Waals surface area contributed by atoms with Gasteiger partial charge in [0.2, 0.25) is 5.91 Å². The third-order valence-electron chi connectivity index (χ3n) is 3.99. The standard InChI is InChI=1S/C16H20N4OS/c1-4-14-17-18-16(19(14)3)22-13-9-10-20(15(13)21)12-7-5-11(2)6-8-12/h5-8,13H,4,9-10H2,1-3H3/t13-/m1/s1. The summed E-state index contributed by atoms with van der Waals surface area (Å²) in [6.07, 6.45) is 1.68. The highest BCUT2D eigenvalue weighted by atomic mass is 32.2. The highest BCUT2D eigenvalue weighted by molar-refractivity contribution is 8.00. The zero-order valence-corrected chi connectivity index (χ0v) is 13.9. The molecular weight excluding hydrogens is 296 g/mol. The Bertz CT molecular complexity index is 680. The summed E-state index contributed by atoms with van der Waals surface area (Å²) < 4.78 is 1.98. The van der Waals surface area contributed by atoms with Crippen LogP contribution in [0.5, 0.6) is 0 Å². The number of amides is 1. The third kappa shape index (κ3) is 2.75. The smallest absolute Gasteiger partial charge is 0.240 e. The van der Waals surface area contributed by atoms with E-state index in [-0.39, 0.29) is 11.2 Å². The predicted molar refractivity (Wildman–Crippen MR) is 88.2 cm³/mol. The lowest BCUT2D eigenvalue weighted by Crippen LogP contribution is -2.28. The van der Waals surface area contributed by atoms with Crippen LogP contribution in [-0.4, -0.2) is 32.5 Å². The van der Waals surface area contributed by atoms with E-state index in [1.165, 1.54) is 17.3 Å². The summed E-state index contributed by atoms with van der Waals surface area (Å²) in [6, 6.07) is 8.11. The van der Waals surface area contributed by atoms with E-state index in [1.807, 2.05) is 47.7 Å². The van der Waals surface area contributed by atoms with Crippen molar-refractivity contribution in [1.29, 1.82) is 0 Å². The average Bonchev–Trinajstić information content (AvgIpc) is 3.05. The first-order valence-electron chi connectivity index (χ1n) is 7.53. The zero-order chi connectivity index (χ0) is 15.7. The number of carbonyl (C=O) groups is 1. The minimum Gasteiger partial charge on any atom is -0.311 e. The summed E-state index contributed by atoms with van der Waals surface area (Å²) in [6.45, 7) is 4.87. The topological polar surface area (TPSA) is 51.0 Å². The van der Waals surface area contributed by atoms with E-state index in [4.69, 9.17) is 0 Å². The van der Waals surface area contributed by atoms with Crippen molar-refractivity contribution in [3.8, 4) is 0 Å². The van der Waals surface area contributed by atoms with Crippen LogP contribution in [0.4, 0.5) is 5.69 Å². The number of nitrogens with zero attached hydrogens (tertiary/aromatic N) is 4. The maximum atomic E-state index is 12.6. The van der Waals surface area contributed by atoms with Crippen LogP contribution < -0.4 is 4.90 Å². The molecule has 1 amide bonds. The van der Waals surface area contributed by atoms with Crippen molar-refractivity contribution >= 4 is 23.4 Å². The molecule has 1 aliphatic rings.